The Kier molecular flexibility index (Phi) is 8.85. The molecule has 154 valence electrons. The molecule has 0 spiro atoms. The van der Waals surface area contributed by atoms with Crippen LogP contribution in [0.3, 0.4) is 0 Å². The SMILES string of the molecule is CCCCCC/C(=C(/C)c1ccc(C)cc1)N(CCC)S(=O)(=O)C(F)(F)F. The summed E-state index contributed by atoms with van der Waals surface area (Å²) in [5.74, 6) is 0. The fourth-order valence-electron chi connectivity index (χ4n) is 2.92. The molecule has 0 aliphatic carbocycles. The molecule has 0 bridgehead atoms. The first-order valence-electron chi connectivity index (χ1n) is 9.42. The Morgan fingerprint density at radius 3 is 2.07 bits per heavy atom. The molecule has 0 aliphatic rings. The zero-order valence-electron chi connectivity index (χ0n) is 16.6. The van der Waals surface area contributed by atoms with E-state index >= 15 is 0 Å². The van der Waals surface area contributed by atoms with Gasteiger partial charge < -0.3 is 0 Å². The topological polar surface area (TPSA) is 37.4 Å². The van der Waals surface area contributed by atoms with Gasteiger partial charge in [-0.05, 0) is 44.2 Å². The number of aryl methyl sites for hydroxylation is 1. The molecule has 0 amide bonds. The van der Waals surface area contributed by atoms with Gasteiger partial charge in [0.1, 0.15) is 0 Å². The van der Waals surface area contributed by atoms with Crippen LogP contribution in [0.1, 0.15) is 70.4 Å². The smallest absolute Gasteiger partial charge is 0.266 e. The molecule has 0 saturated carbocycles. The maximum absolute atomic E-state index is 13.3. The van der Waals surface area contributed by atoms with Gasteiger partial charge in [-0.25, -0.2) is 0 Å². The van der Waals surface area contributed by atoms with Crippen molar-refractivity contribution in [3.63, 3.8) is 0 Å². The lowest BCUT2D eigenvalue weighted by Crippen LogP contribution is -2.41. The Labute approximate surface area is 161 Å². The highest BCUT2D eigenvalue weighted by Crippen LogP contribution is 2.34. The molecule has 1 rings (SSSR count). The molecule has 0 aliphatic heterocycles. The highest BCUT2D eigenvalue weighted by atomic mass is 32.2. The molecule has 0 unspecified atom stereocenters. The molecule has 7 heteroatoms. The molecule has 0 heterocycles. The number of nitrogens with zero attached hydrogens (tertiary/aromatic N) is 1. The largest absolute Gasteiger partial charge is 0.516 e. The van der Waals surface area contributed by atoms with Gasteiger partial charge >= 0.3 is 15.5 Å². The number of benzene rings is 1. The molecule has 0 fully saturated rings. The maximum Gasteiger partial charge on any atom is 0.516 e. The van der Waals surface area contributed by atoms with E-state index in [-0.39, 0.29) is 12.2 Å². The number of halogens is 3. The predicted octanol–water partition coefficient (Wildman–Crippen LogP) is 6.26. The summed E-state index contributed by atoms with van der Waals surface area (Å²) in [4.78, 5) is 0. The van der Waals surface area contributed by atoms with Crippen molar-refractivity contribution in [3.8, 4) is 0 Å². The third-order valence-corrected chi connectivity index (χ3v) is 6.06. The van der Waals surface area contributed by atoms with Gasteiger partial charge in [0.15, 0.2) is 0 Å². The fraction of sp³-hybridized carbons (Fsp3) is 0.600. The van der Waals surface area contributed by atoms with Gasteiger partial charge in [-0.1, -0.05) is 62.9 Å². The van der Waals surface area contributed by atoms with Crippen LogP contribution in [-0.4, -0.2) is 24.8 Å². The number of unbranched alkanes of at least 4 members (excludes halogenated alkanes) is 3. The number of rotatable bonds is 10. The second kappa shape index (κ2) is 10.2. The highest BCUT2D eigenvalue weighted by molar-refractivity contribution is 7.90. The molecule has 0 atom stereocenters. The van der Waals surface area contributed by atoms with Crippen LogP contribution >= 0.6 is 0 Å². The van der Waals surface area contributed by atoms with Gasteiger partial charge in [0.2, 0.25) is 0 Å². The third-order valence-electron chi connectivity index (χ3n) is 4.49. The molecule has 3 nitrogen and oxygen atoms in total. The van der Waals surface area contributed by atoms with E-state index in [0.29, 0.717) is 29.1 Å². The fourth-order valence-corrected chi connectivity index (χ4v) is 4.11. The minimum atomic E-state index is -5.43. The molecule has 1 aromatic rings. The Morgan fingerprint density at radius 2 is 1.59 bits per heavy atom. The maximum atomic E-state index is 13.3. The molecule has 0 saturated heterocycles. The van der Waals surface area contributed by atoms with Crippen molar-refractivity contribution in [1.82, 2.24) is 4.31 Å². The summed E-state index contributed by atoms with van der Waals surface area (Å²) in [5.41, 5.74) is -2.72. The summed E-state index contributed by atoms with van der Waals surface area (Å²) >= 11 is 0. The number of sulfonamides is 1. The van der Waals surface area contributed by atoms with Crippen LogP contribution in [0.25, 0.3) is 5.57 Å². The van der Waals surface area contributed by atoms with Crippen molar-refractivity contribution in [3.05, 3.63) is 41.1 Å². The van der Waals surface area contributed by atoms with Crippen molar-refractivity contribution in [2.45, 2.75) is 71.7 Å². The summed E-state index contributed by atoms with van der Waals surface area (Å²) in [6.45, 7) is 7.16. The minimum Gasteiger partial charge on any atom is -0.266 e. The number of hydrogen-bond donors (Lipinski definition) is 0. The average molecular weight is 406 g/mol. The molecule has 27 heavy (non-hydrogen) atoms. The summed E-state index contributed by atoms with van der Waals surface area (Å²) in [5, 5.41) is 0. The first-order valence-corrected chi connectivity index (χ1v) is 10.9. The van der Waals surface area contributed by atoms with Crippen molar-refractivity contribution in [2.75, 3.05) is 6.54 Å². The van der Waals surface area contributed by atoms with E-state index in [1.807, 2.05) is 38.1 Å². The quantitative estimate of drug-likeness (QED) is 0.431. The lowest BCUT2D eigenvalue weighted by molar-refractivity contribution is -0.0481. The molecule has 0 radical (unpaired) electrons. The predicted molar refractivity (Wildman–Crippen MR) is 105 cm³/mol. The van der Waals surface area contributed by atoms with Crippen molar-refractivity contribution < 1.29 is 21.6 Å². The van der Waals surface area contributed by atoms with Crippen molar-refractivity contribution in [1.29, 1.82) is 0 Å². The van der Waals surface area contributed by atoms with Crippen molar-refractivity contribution in [2.24, 2.45) is 0 Å². The Balaban J connectivity index is 3.44. The van der Waals surface area contributed by atoms with Gasteiger partial charge in [0.25, 0.3) is 0 Å². The van der Waals surface area contributed by atoms with E-state index in [2.05, 4.69) is 0 Å². The van der Waals surface area contributed by atoms with Crippen LogP contribution in [0.5, 0.6) is 0 Å². The molecular weight excluding hydrogens is 375 g/mol. The number of hydrogen-bond acceptors (Lipinski definition) is 2. The normalized spacial score (nSPS) is 13.4. The van der Waals surface area contributed by atoms with Crippen molar-refractivity contribution >= 4 is 15.6 Å². The minimum absolute atomic E-state index is 0.186. The Morgan fingerprint density at radius 1 is 1.00 bits per heavy atom. The van der Waals surface area contributed by atoms with Crippen LogP contribution in [0.4, 0.5) is 13.2 Å². The standard InChI is InChI=1S/C20H30F3NO2S/c1-5-7-8-9-10-19(17(4)18-13-11-16(3)12-14-18)24(15-6-2)27(25,26)20(21,22)23/h11-14H,5-10,15H2,1-4H3/b19-17+. The molecule has 0 aromatic heterocycles. The van der Waals surface area contributed by atoms with Gasteiger partial charge in [-0.3, -0.25) is 4.31 Å². The van der Waals surface area contributed by atoms with Gasteiger partial charge in [-0.15, -0.1) is 0 Å². The second-order valence-corrected chi connectivity index (χ2v) is 8.63. The van der Waals surface area contributed by atoms with Crippen LogP contribution < -0.4 is 0 Å². The zero-order valence-corrected chi connectivity index (χ0v) is 17.4. The lowest BCUT2D eigenvalue weighted by Gasteiger charge is -2.29. The molecule has 1 aromatic carbocycles. The van der Waals surface area contributed by atoms with Crippen LogP contribution in [-0.2, 0) is 10.0 Å². The van der Waals surface area contributed by atoms with E-state index in [1.54, 1.807) is 13.8 Å². The number of allylic oxidation sites excluding steroid dienone is 2. The summed E-state index contributed by atoms with van der Waals surface area (Å²) in [6, 6.07) is 7.38. The zero-order chi connectivity index (χ0) is 20.7. The van der Waals surface area contributed by atoms with Crippen LogP contribution in [0.2, 0.25) is 0 Å². The Bertz CT molecular complexity index is 723. The van der Waals surface area contributed by atoms with E-state index in [0.717, 1.165) is 30.4 Å². The van der Waals surface area contributed by atoms with E-state index in [4.69, 9.17) is 0 Å². The van der Waals surface area contributed by atoms with E-state index < -0.39 is 15.5 Å². The van der Waals surface area contributed by atoms with Gasteiger partial charge in [-0.2, -0.15) is 21.6 Å². The van der Waals surface area contributed by atoms with Crippen LogP contribution in [0.15, 0.2) is 30.0 Å². The Hall–Kier alpha value is -1.50. The van der Waals surface area contributed by atoms with Gasteiger partial charge in [0, 0.05) is 12.2 Å². The second-order valence-electron chi connectivity index (χ2n) is 6.77. The van der Waals surface area contributed by atoms with E-state index in [9.17, 15) is 21.6 Å². The van der Waals surface area contributed by atoms with Crippen LogP contribution in [0, 0.1) is 6.92 Å². The first kappa shape index (κ1) is 23.5. The summed E-state index contributed by atoms with van der Waals surface area (Å²) in [6.07, 6.45) is 4.07. The molecular formula is C20H30F3NO2S. The average Bonchev–Trinajstić information content (AvgIpc) is 2.59. The van der Waals surface area contributed by atoms with E-state index in [1.165, 1.54) is 0 Å². The molecule has 0 N–H and O–H groups in total. The number of alkyl halides is 3. The summed E-state index contributed by atoms with van der Waals surface area (Å²) in [7, 11) is -5.43. The van der Waals surface area contributed by atoms with Gasteiger partial charge in [0.05, 0.1) is 0 Å². The highest BCUT2D eigenvalue weighted by Gasteiger charge is 2.50. The monoisotopic (exact) mass is 405 g/mol. The first-order chi connectivity index (χ1) is 12.6. The third kappa shape index (κ3) is 6.26. The summed E-state index contributed by atoms with van der Waals surface area (Å²) < 4.78 is 64.9. The lowest BCUT2D eigenvalue weighted by atomic mass is 10.0.